The minimum absolute atomic E-state index is 0.0281. The summed E-state index contributed by atoms with van der Waals surface area (Å²) in [5.41, 5.74) is 1.81. The van der Waals surface area contributed by atoms with Crippen molar-refractivity contribution in [3.63, 3.8) is 0 Å². The largest absolute Gasteiger partial charge is 0.463 e. The normalized spacial score (nSPS) is 10.8. The molecule has 2 aromatic heterocycles. The molecule has 0 unspecified atom stereocenters. The van der Waals surface area contributed by atoms with Crippen molar-refractivity contribution in [2.24, 2.45) is 0 Å². The average Bonchev–Trinajstić information content (AvgIpc) is 3.19. The summed E-state index contributed by atoms with van der Waals surface area (Å²) >= 11 is 0. The maximum Gasteiger partial charge on any atom is 0.387 e. The van der Waals surface area contributed by atoms with E-state index in [2.05, 4.69) is 20.3 Å². The summed E-state index contributed by atoms with van der Waals surface area (Å²) in [4.78, 5) is 12.2. The number of hydrogen-bond donors (Lipinski definition) is 2. The van der Waals surface area contributed by atoms with Crippen molar-refractivity contribution < 1.29 is 22.7 Å². The van der Waals surface area contributed by atoms with Crippen LogP contribution in [0.3, 0.4) is 0 Å². The van der Waals surface area contributed by atoms with Crippen LogP contribution in [0.2, 0.25) is 0 Å². The van der Waals surface area contributed by atoms with Gasteiger partial charge in [-0.15, -0.1) is 0 Å². The summed E-state index contributed by atoms with van der Waals surface area (Å²) in [5, 5.41) is 9.32. The number of aromatic amines is 1. The first-order valence-corrected chi connectivity index (χ1v) is 6.99. The number of alkyl halides is 2. The lowest BCUT2D eigenvalue weighted by molar-refractivity contribution is -0.0498. The highest BCUT2D eigenvalue weighted by atomic mass is 19.3. The van der Waals surface area contributed by atoms with E-state index in [9.17, 15) is 13.6 Å². The molecule has 3 rings (SSSR count). The van der Waals surface area contributed by atoms with Gasteiger partial charge in [-0.2, -0.15) is 13.9 Å². The van der Waals surface area contributed by atoms with Crippen molar-refractivity contribution in [2.75, 3.05) is 5.32 Å². The molecule has 0 spiro atoms. The molecule has 1 amide bonds. The van der Waals surface area contributed by atoms with Gasteiger partial charge in [-0.25, -0.2) is 0 Å². The molecule has 2 heterocycles. The average molecular weight is 333 g/mol. The van der Waals surface area contributed by atoms with Crippen LogP contribution in [-0.2, 0) is 0 Å². The van der Waals surface area contributed by atoms with Crippen molar-refractivity contribution in [2.45, 2.75) is 13.5 Å². The van der Waals surface area contributed by atoms with Gasteiger partial charge >= 0.3 is 6.61 Å². The predicted molar refractivity (Wildman–Crippen MR) is 82.1 cm³/mol. The van der Waals surface area contributed by atoms with E-state index in [4.69, 9.17) is 4.42 Å². The van der Waals surface area contributed by atoms with Crippen molar-refractivity contribution in [1.82, 2.24) is 10.2 Å². The molecule has 0 bridgehead atoms. The number of nitrogens with zero attached hydrogens (tertiary/aromatic N) is 1. The van der Waals surface area contributed by atoms with Crippen molar-refractivity contribution >= 4 is 11.6 Å². The summed E-state index contributed by atoms with van der Waals surface area (Å²) in [6, 6.07) is 9.28. The van der Waals surface area contributed by atoms with Crippen LogP contribution in [0.5, 0.6) is 5.75 Å². The first-order valence-electron chi connectivity index (χ1n) is 6.99. The Labute approximate surface area is 135 Å². The Hall–Kier alpha value is -3.16. The summed E-state index contributed by atoms with van der Waals surface area (Å²) in [6.07, 6.45) is 1.52. The van der Waals surface area contributed by atoms with Gasteiger partial charge in [0.25, 0.3) is 5.91 Å². The van der Waals surface area contributed by atoms with Gasteiger partial charge in [-0.05, 0) is 42.8 Å². The number of carbonyl (C=O) groups excluding carboxylic acids is 1. The third kappa shape index (κ3) is 3.43. The van der Waals surface area contributed by atoms with Crippen LogP contribution in [-0.4, -0.2) is 22.7 Å². The van der Waals surface area contributed by atoms with Gasteiger partial charge < -0.3 is 14.5 Å². The summed E-state index contributed by atoms with van der Waals surface area (Å²) in [7, 11) is 0. The molecule has 124 valence electrons. The number of anilines is 1. The molecule has 0 fully saturated rings. The summed E-state index contributed by atoms with van der Waals surface area (Å²) in [5.74, 6) is 0.154. The first-order chi connectivity index (χ1) is 11.5. The highest BCUT2D eigenvalue weighted by Gasteiger charge is 2.14. The van der Waals surface area contributed by atoms with Gasteiger partial charge in [0.1, 0.15) is 11.4 Å². The minimum Gasteiger partial charge on any atom is -0.463 e. The van der Waals surface area contributed by atoms with Crippen LogP contribution < -0.4 is 10.1 Å². The summed E-state index contributed by atoms with van der Waals surface area (Å²) in [6.45, 7) is -1.22. The van der Waals surface area contributed by atoms with Crippen LogP contribution in [0.1, 0.15) is 16.1 Å². The molecule has 0 aliphatic rings. The monoisotopic (exact) mass is 333 g/mol. The molecule has 0 saturated heterocycles. The molecule has 1 aromatic carbocycles. The molecule has 0 radical (unpaired) electrons. The van der Waals surface area contributed by atoms with Crippen LogP contribution >= 0.6 is 0 Å². The van der Waals surface area contributed by atoms with Crippen molar-refractivity contribution in [3.05, 3.63) is 53.9 Å². The lowest BCUT2D eigenvalue weighted by atomic mass is 10.2. The van der Waals surface area contributed by atoms with E-state index in [0.29, 0.717) is 22.7 Å². The molecule has 0 atom stereocenters. The van der Waals surface area contributed by atoms with E-state index >= 15 is 0 Å². The van der Waals surface area contributed by atoms with E-state index in [0.717, 1.165) is 0 Å². The van der Waals surface area contributed by atoms with Gasteiger partial charge in [-0.3, -0.25) is 9.89 Å². The molecule has 2 N–H and O–H groups in total. The number of ether oxygens (including phenoxy) is 1. The number of aromatic nitrogens is 2. The Morgan fingerprint density at radius 2 is 2.17 bits per heavy atom. The summed E-state index contributed by atoms with van der Waals surface area (Å²) < 4.78 is 33.9. The second kappa shape index (κ2) is 6.53. The van der Waals surface area contributed by atoms with Gasteiger partial charge in [0, 0.05) is 11.8 Å². The van der Waals surface area contributed by atoms with Crippen molar-refractivity contribution in [1.29, 1.82) is 0 Å². The number of rotatable bonds is 5. The molecule has 0 aliphatic heterocycles. The highest BCUT2D eigenvalue weighted by molar-refractivity contribution is 6.03. The number of benzene rings is 1. The Balaban J connectivity index is 1.73. The topological polar surface area (TPSA) is 80.1 Å². The second-order valence-electron chi connectivity index (χ2n) is 4.95. The third-order valence-electron chi connectivity index (χ3n) is 3.27. The van der Waals surface area contributed by atoms with E-state index in [1.807, 2.05) is 0 Å². The number of halogens is 2. The second-order valence-corrected chi connectivity index (χ2v) is 4.95. The predicted octanol–water partition coefficient (Wildman–Crippen LogP) is 3.83. The van der Waals surface area contributed by atoms with Crippen molar-refractivity contribution in [3.8, 4) is 17.2 Å². The maximum absolute atomic E-state index is 12.2. The smallest absolute Gasteiger partial charge is 0.387 e. The van der Waals surface area contributed by atoms with Gasteiger partial charge in [0.15, 0.2) is 11.5 Å². The molecule has 24 heavy (non-hydrogen) atoms. The third-order valence-corrected chi connectivity index (χ3v) is 3.27. The number of aryl methyl sites for hydroxylation is 1. The lowest BCUT2D eigenvalue weighted by Gasteiger charge is -2.10. The molecule has 0 aliphatic carbocycles. The zero-order valence-corrected chi connectivity index (χ0v) is 12.5. The molecular formula is C16H13F2N3O3. The maximum atomic E-state index is 12.2. The lowest BCUT2D eigenvalue weighted by Crippen LogP contribution is -2.13. The fourth-order valence-corrected chi connectivity index (χ4v) is 2.14. The molecule has 6 nitrogen and oxygen atoms in total. The van der Waals surface area contributed by atoms with Gasteiger partial charge in [0.05, 0.1) is 6.26 Å². The number of amides is 1. The van der Waals surface area contributed by atoms with Crippen LogP contribution in [0.25, 0.3) is 11.5 Å². The Morgan fingerprint density at radius 1 is 1.33 bits per heavy atom. The first kappa shape index (κ1) is 15.7. The molecule has 8 heteroatoms. The fraction of sp³-hybridized carbons (Fsp3) is 0.125. The number of H-pyrrole nitrogens is 1. The molecule has 0 saturated carbocycles. The standard InChI is InChI=1S/C16H13F2N3O3/c1-9-7-10(24-16(17)18)4-5-11(9)19-15(22)13-8-12(20-21-13)14-3-2-6-23-14/h2-8,16H,1H3,(H,19,22)(H,20,21). The Morgan fingerprint density at radius 3 is 2.83 bits per heavy atom. The van der Waals surface area contributed by atoms with Crippen LogP contribution in [0.15, 0.2) is 47.1 Å². The minimum atomic E-state index is -2.89. The van der Waals surface area contributed by atoms with Gasteiger partial charge in [0.2, 0.25) is 0 Å². The highest BCUT2D eigenvalue weighted by Crippen LogP contribution is 2.24. The van der Waals surface area contributed by atoms with E-state index in [1.54, 1.807) is 25.1 Å². The zero-order valence-electron chi connectivity index (χ0n) is 12.5. The Kier molecular flexibility index (Phi) is 4.28. The molecular weight excluding hydrogens is 320 g/mol. The number of carbonyl (C=O) groups is 1. The van der Waals surface area contributed by atoms with Gasteiger partial charge in [-0.1, -0.05) is 0 Å². The number of furan rings is 1. The zero-order chi connectivity index (χ0) is 17.1. The van der Waals surface area contributed by atoms with E-state index in [1.165, 1.54) is 24.5 Å². The quantitative estimate of drug-likeness (QED) is 0.743. The Bertz CT molecular complexity index is 844. The van der Waals surface area contributed by atoms with E-state index < -0.39 is 12.5 Å². The fourth-order valence-electron chi connectivity index (χ4n) is 2.14. The van der Waals surface area contributed by atoms with Crippen LogP contribution in [0.4, 0.5) is 14.5 Å². The molecule has 3 aromatic rings. The van der Waals surface area contributed by atoms with Crippen LogP contribution in [0, 0.1) is 6.92 Å². The van der Waals surface area contributed by atoms with E-state index in [-0.39, 0.29) is 11.4 Å². The number of nitrogens with one attached hydrogen (secondary N) is 2. The SMILES string of the molecule is Cc1cc(OC(F)F)ccc1NC(=O)c1cc(-c2ccco2)[nH]n1. The number of hydrogen-bond acceptors (Lipinski definition) is 4.